The normalized spacial score (nSPS) is 10.3. The first kappa shape index (κ1) is 15.6. The molecule has 0 fully saturated rings. The van der Waals surface area contributed by atoms with Crippen molar-refractivity contribution in [1.82, 2.24) is 15.3 Å². The van der Waals surface area contributed by atoms with Gasteiger partial charge in [-0.05, 0) is 31.5 Å². The molecule has 0 aliphatic rings. The summed E-state index contributed by atoms with van der Waals surface area (Å²) < 4.78 is 0. The van der Waals surface area contributed by atoms with Crippen molar-refractivity contribution in [2.24, 2.45) is 0 Å². The van der Waals surface area contributed by atoms with Gasteiger partial charge in [0.1, 0.15) is 5.69 Å². The van der Waals surface area contributed by atoms with Gasteiger partial charge in [0.25, 0.3) is 5.91 Å². The maximum absolute atomic E-state index is 12.1. The molecule has 0 bridgehead atoms. The fourth-order valence-corrected chi connectivity index (χ4v) is 2.24. The van der Waals surface area contributed by atoms with Crippen LogP contribution in [0.3, 0.4) is 0 Å². The minimum absolute atomic E-state index is 0.152. The lowest BCUT2D eigenvalue weighted by Crippen LogP contribution is -2.29. The van der Waals surface area contributed by atoms with Crippen molar-refractivity contribution in [3.05, 3.63) is 47.0 Å². The van der Waals surface area contributed by atoms with Crippen molar-refractivity contribution in [3.8, 4) is 0 Å². The number of nitrogens with one attached hydrogen (secondary N) is 3. The molecule has 4 N–H and O–H groups in total. The van der Waals surface area contributed by atoms with E-state index in [4.69, 9.17) is 5.11 Å². The average molecular weight is 302 g/mol. The van der Waals surface area contributed by atoms with Crippen LogP contribution in [0.25, 0.3) is 0 Å². The van der Waals surface area contributed by atoms with Crippen LogP contribution in [0.5, 0.6) is 0 Å². The summed E-state index contributed by atoms with van der Waals surface area (Å²) in [5, 5.41) is 15.0. The molecule has 7 nitrogen and oxygen atoms in total. The van der Waals surface area contributed by atoms with Crippen molar-refractivity contribution in [2.45, 2.75) is 13.8 Å². The Morgan fingerprint density at radius 1 is 1.32 bits per heavy atom. The predicted octanol–water partition coefficient (Wildman–Crippen LogP) is 1.57. The van der Waals surface area contributed by atoms with Crippen molar-refractivity contribution in [1.29, 1.82) is 0 Å². The van der Waals surface area contributed by atoms with Gasteiger partial charge in [0.05, 0.1) is 11.3 Å². The summed E-state index contributed by atoms with van der Waals surface area (Å²) in [6, 6.07) is 3.70. The van der Waals surface area contributed by atoms with Crippen LogP contribution in [0, 0.1) is 13.8 Å². The summed E-state index contributed by atoms with van der Waals surface area (Å²) >= 11 is 0. The zero-order valence-electron chi connectivity index (χ0n) is 12.4. The number of carboxylic acids is 1. The Bertz CT molecular complexity index is 680. The van der Waals surface area contributed by atoms with Crippen LogP contribution < -0.4 is 10.6 Å². The molecule has 0 spiro atoms. The van der Waals surface area contributed by atoms with Gasteiger partial charge in [-0.3, -0.25) is 9.78 Å². The molecule has 2 rings (SSSR count). The van der Waals surface area contributed by atoms with Crippen LogP contribution in [-0.2, 0) is 0 Å². The molecular formula is C15H18N4O3. The van der Waals surface area contributed by atoms with E-state index in [1.54, 1.807) is 26.2 Å². The number of hydrogen-bond donors (Lipinski definition) is 4. The van der Waals surface area contributed by atoms with Gasteiger partial charge in [-0.25, -0.2) is 4.79 Å². The fraction of sp³-hybridized carbons (Fsp3) is 0.267. The summed E-state index contributed by atoms with van der Waals surface area (Å²) in [5.74, 6) is -1.36. The van der Waals surface area contributed by atoms with Crippen LogP contribution in [-0.4, -0.2) is 40.0 Å². The molecule has 0 aliphatic heterocycles. The Hall–Kier alpha value is -2.83. The first-order chi connectivity index (χ1) is 10.5. The summed E-state index contributed by atoms with van der Waals surface area (Å²) in [4.78, 5) is 30.0. The second kappa shape index (κ2) is 6.75. The number of aromatic amines is 1. The molecule has 7 heteroatoms. The van der Waals surface area contributed by atoms with E-state index in [1.807, 2.05) is 12.1 Å². The molecule has 0 aliphatic carbocycles. The number of carboxylic acid groups (broad SMARTS) is 1. The van der Waals surface area contributed by atoms with Crippen LogP contribution in [0.2, 0.25) is 0 Å². The van der Waals surface area contributed by atoms with Gasteiger partial charge in [0.15, 0.2) is 0 Å². The monoisotopic (exact) mass is 302 g/mol. The van der Waals surface area contributed by atoms with Gasteiger partial charge in [-0.15, -0.1) is 0 Å². The van der Waals surface area contributed by atoms with Gasteiger partial charge in [-0.2, -0.15) is 0 Å². The SMILES string of the molecule is Cc1[nH]c(C(=O)NCCNc2cccnc2)c(C)c1C(=O)O. The molecule has 0 saturated carbocycles. The van der Waals surface area contributed by atoms with Crippen molar-refractivity contribution >= 4 is 17.6 Å². The van der Waals surface area contributed by atoms with Crippen molar-refractivity contribution in [3.63, 3.8) is 0 Å². The van der Waals surface area contributed by atoms with Gasteiger partial charge < -0.3 is 20.7 Å². The molecule has 2 aromatic rings. The van der Waals surface area contributed by atoms with E-state index in [0.717, 1.165) is 5.69 Å². The molecule has 2 heterocycles. The Kier molecular flexibility index (Phi) is 4.77. The quantitative estimate of drug-likeness (QED) is 0.606. The van der Waals surface area contributed by atoms with E-state index in [-0.39, 0.29) is 17.2 Å². The van der Waals surface area contributed by atoms with Crippen molar-refractivity contribution in [2.75, 3.05) is 18.4 Å². The van der Waals surface area contributed by atoms with Crippen LogP contribution in [0.1, 0.15) is 32.1 Å². The first-order valence-corrected chi connectivity index (χ1v) is 6.85. The number of nitrogens with zero attached hydrogens (tertiary/aromatic N) is 1. The Balaban J connectivity index is 1.90. The third kappa shape index (κ3) is 3.43. The summed E-state index contributed by atoms with van der Waals surface area (Å²) in [6.07, 6.45) is 3.38. The predicted molar refractivity (Wildman–Crippen MR) is 82.3 cm³/mol. The van der Waals surface area contributed by atoms with E-state index in [1.165, 1.54) is 0 Å². The highest BCUT2D eigenvalue weighted by Crippen LogP contribution is 2.17. The zero-order valence-corrected chi connectivity index (χ0v) is 12.4. The van der Waals surface area contributed by atoms with E-state index >= 15 is 0 Å². The Morgan fingerprint density at radius 3 is 2.68 bits per heavy atom. The molecule has 0 radical (unpaired) electrons. The molecular weight excluding hydrogens is 284 g/mol. The number of anilines is 1. The van der Waals surface area contributed by atoms with Crippen LogP contribution >= 0.6 is 0 Å². The lowest BCUT2D eigenvalue weighted by molar-refractivity contribution is 0.0695. The summed E-state index contributed by atoms with van der Waals surface area (Å²) in [6.45, 7) is 4.21. The van der Waals surface area contributed by atoms with Gasteiger partial charge in [-0.1, -0.05) is 0 Å². The number of H-pyrrole nitrogens is 1. The van der Waals surface area contributed by atoms with Crippen LogP contribution in [0.4, 0.5) is 5.69 Å². The Morgan fingerprint density at radius 2 is 2.09 bits per heavy atom. The summed E-state index contributed by atoms with van der Waals surface area (Å²) in [7, 11) is 0. The molecule has 0 unspecified atom stereocenters. The maximum Gasteiger partial charge on any atom is 0.337 e. The number of hydrogen-bond acceptors (Lipinski definition) is 4. The number of carbonyl (C=O) groups is 2. The number of aromatic carboxylic acids is 1. The van der Waals surface area contributed by atoms with E-state index < -0.39 is 5.97 Å². The number of pyridine rings is 1. The smallest absolute Gasteiger partial charge is 0.337 e. The number of aryl methyl sites for hydroxylation is 1. The molecule has 22 heavy (non-hydrogen) atoms. The van der Waals surface area contributed by atoms with E-state index in [9.17, 15) is 9.59 Å². The second-order valence-electron chi connectivity index (χ2n) is 4.85. The topological polar surface area (TPSA) is 107 Å². The maximum atomic E-state index is 12.1. The lowest BCUT2D eigenvalue weighted by atomic mass is 10.1. The lowest BCUT2D eigenvalue weighted by Gasteiger charge is -2.07. The molecule has 0 saturated heterocycles. The van der Waals surface area contributed by atoms with Gasteiger partial charge in [0, 0.05) is 31.2 Å². The van der Waals surface area contributed by atoms with E-state index in [0.29, 0.717) is 24.3 Å². The molecule has 1 amide bonds. The number of amides is 1. The third-order valence-electron chi connectivity index (χ3n) is 3.28. The first-order valence-electron chi connectivity index (χ1n) is 6.85. The summed E-state index contributed by atoms with van der Waals surface area (Å²) in [5.41, 5.74) is 2.23. The zero-order chi connectivity index (χ0) is 16.1. The average Bonchev–Trinajstić information content (AvgIpc) is 2.79. The van der Waals surface area contributed by atoms with Gasteiger partial charge in [0.2, 0.25) is 0 Å². The molecule has 0 aromatic carbocycles. The highest BCUT2D eigenvalue weighted by Gasteiger charge is 2.20. The fourth-order valence-electron chi connectivity index (χ4n) is 2.24. The minimum atomic E-state index is -1.04. The third-order valence-corrected chi connectivity index (χ3v) is 3.28. The largest absolute Gasteiger partial charge is 0.478 e. The highest BCUT2D eigenvalue weighted by molar-refractivity contribution is 5.99. The standard InChI is InChI=1S/C15H18N4O3/c1-9-12(15(21)22)10(2)19-13(9)14(20)18-7-6-17-11-4-3-5-16-8-11/h3-5,8,17,19H,6-7H2,1-2H3,(H,18,20)(H,21,22). The second-order valence-corrected chi connectivity index (χ2v) is 4.85. The molecule has 2 aromatic heterocycles. The van der Waals surface area contributed by atoms with E-state index in [2.05, 4.69) is 20.6 Å². The van der Waals surface area contributed by atoms with Crippen LogP contribution in [0.15, 0.2) is 24.5 Å². The molecule has 0 atom stereocenters. The Labute approximate surface area is 127 Å². The number of rotatable bonds is 6. The number of aromatic nitrogens is 2. The van der Waals surface area contributed by atoms with Crippen molar-refractivity contribution < 1.29 is 14.7 Å². The molecule has 116 valence electrons. The number of carbonyl (C=O) groups excluding carboxylic acids is 1. The minimum Gasteiger partial charge on any atom is -0.478 e. The highest BCUT2D eigenvalue weighted by atomic mass is 16.4. The van der Waals surface area contributed by atoms with Gasteiger partial charge >= 0.3 is 5.97 Å².